The Kier molecular flexibility index (Phi) is 5.17. The average molecular weight is 380 g/mol. The molecule has 0 spiro atoms. The SMILES string of the molecule is CC1CCC(C(=O)O)CN1Cc1cc(Br)cc(C(F)(F)F)c1. The summed E-state index contributed by atoms with van der Waals surface area (Å²) in [4.78, 5) is 13.1. The van der Waals surface area contributed by atoms with E-state index in [0.717, 1.165) is 18.6 Å². The minimum atomic E-state index is -4.39. The van der Waals surface area contributed by atoms with Crippen LogP contribution in [0.2, 0.25) is 0 Å². The van der Waals surface area contributed by atoms with Gasteiger partial charge in [0.15, 0.2) is 0 Å². The standard InChI is InChI=1S/C15H17BrF3NO2/c1-9-2-3-11(14(21)22)8-20(9)7-10-4-12(15(17,18)19)6-13(16)5-10/h4-6,9,11H,2-3,7-8H2,1H3,(H,21,22). The van der Waals surface area contributed by atoms with Gasteiger partial charge in [0.2, 0.25) is 0 Å². The van der Waals surface area contributed by atoms with Crippen molar-refractivity contribution in [3.63, 3.8) is 0 Å². The number of carboxylic acids is 1. The fourth-order valence-corrected chi connectivity index (χ4v) is 3.28. The molecule has 1 saturated heterocycles. The molecular formula is C15H17BrF3NO2. The summed E-state index contributed by atoms with van der Waals surface area (Å²) in [6, 6.07) is 3.97. The van der Waals surface area contributed by atoms with Crippen LogP contribution in [0.1, 0.15) is 30.9 Å². The summed E-state index contributed by atoms with van der Waals surface area (Å²) in [5.74, 6) is -1.30. The minimum absolute atomic E-state index is 0.156. The summed E-state index contributed by atoms with van der Waals surface area (Å²) in [6.45, 7) is 2.65. The van der Waals surface area contributed by atoms with Crippen molar-refractivity contribution in [3.05, 3.63) is 33.8 Å². The molecule has 2 rings (SSSR count). The first-order chi connectivity index (χ1) is 10.2. The zero-order valence-electron chi connectivity index (χ0n) is 12.0. The molecule has 1 aromatic carbocycles. The Morgan fingerprint density at radius 3 is 2.64 bits per heavy atom. The lowest BCUT2D eigenvalue weighted by atomic mass is 9.93. The van der Waals surface area contributed by atoms with Crippen LogP contribution in [0.15, 0.2) is 22.7 Å². The molecule has 0 aliphatic carbocycles. The number of likely N-dealkylation sites (tertiary alicyclic amines) is 1. The van der Waals surface area contributed by atoms with E-state index < -0.39 is 23.6 Å². The van der Waals surface area contributed by atoms with Crippen LogP contribution in [0, 0.1) is 5.92 Å². The summed E-state index contributed by atoms with van der Waals surface area (Å²) in [5.41, 5.74) is -0.170. The van der Waals surface area contributed by atoms with Crippen molar-refractivity contribution < 1.29 is 23.1 Å². The van der Waals surface area contributed by atoms with Gasteiger partial charge in [0.25, 0.3) is 0 Å². The summed E-state index contributed by atoms with van der Waals surface area (Å²) in [7, 11) is 0. The number of hydrogen-bond donors (Lipinski definition) is 1. The molecule has 1 aromatic rings. The molecule has 0 bridgehead atoms. The molecule has 7 heteroatoms. The molecule has 1 N–H and O–H groups in total. The second-order valence-corrected chi connectivity index (χ2v) is 6.65. The number of carbonyl (C=O) groups is 1. The molecule has 22 heavy (non-hydrogen) atoms. The number of hydrogen-bond acceptors (Lipinski definition) is 2. The highest BCUT2D eigenvalue weighted by Crippen LogP contribution is 2.33. The normalized spacial score (nSPS) is 23.5. The highest BCUT2D eigenvalue weighted by atomic mass is 79.9. The predicted molar refractivity (Wildman–Crippen MR) is 79.4 cm³/mol. The zero-order chi connectivity index (χ0) is 16.5. The maximum absolute atomic E-state index is 12.9. The maximum atomic E-state index is 12.9. The number of rotatable bonds is 3. The molecule has 2 atom stereocenters. The molecule has 2 unspecified atom stereocenters. The molecule has 0 radical (unpaired) electrons. The van der Waals surface area contributed by atoms with E-state index in [1.54, 1.807) is 6.07 Å². The van der Waals surface area contributed by atoms with E-state index in [0.29, 0.717) is 29.5 Å². The lowest BCUT2D eigenvalue weighted by molar-refractivity contribution is -0.144. The molecule has 0 amide bonds. The van der Waals surface area contributed by atoms with Gasteiger partial charge >= 0.3 is 12.1 Å². The van der Waals surface area contributed by atoms with Gasteiger partial charge in [-0.25, -0.2) is 0 Å². The lowest BCUT2D eigenvalue weighted by Gasteiger charge is -2.36. The maximum Gasteiger partial charge on any atom is 0.416 e. The Hall–Kier alpha value is -1.08. The van der Waals surface area contributed by atoms with E-state index in [-0.39, 0.29) is 6.04 Å². The average Bonchev–Trinajstić information content (AvgIpc) is 2.39. The summed E-state index contributed by atoms with van der Waals surface area (Å²) in [6.07, 6.45) is -3.05. The third kappa shape index (κ3) is 4.23. The fraction of sp³-hybridized carbons (Fsp3) is 0.533. The van der Waals surface area contributed by atoms with Crippen LogP contribution in [0.5, 0.6) is 0 Å². The van der Waals surface area contributed by atoms with Crippen molar-refractivity contribution in [2.45, 2.75) is 38.5 Å². The number of benzene rings is 1. The van der Waals surface area contributed by atoms with Gasteiger partial charge in [-0.15, -0.1) is 0 Å². The smallest absolute Gasteiger partial charge is 0.416 e. The molecule has 122 valence electrons. The van der Waals surface area contributed by atoms with Gasteiger partial charge in [-0.05, 0) is 43.5 Å². The van der Waals surface area contributed by atoms with Gasteiger partial charge in [-0.1, -0.05) is 15.9 Å². The summed E-state index contributed by atoms with van der Waals surface area (Å²) >= 11 is 3.11. The third-order valence-electron chi connectivity index (χ3n) is 4.03. The summed E-state index contributed by atoms with van der Waals surface area (Å²) in [5, 5.41) is 9.12. The molecule has 3 nitrogen and oxygen atoms in total. The van der Waals surface area contributed by atoms with E-state index in [2.05, 4.69) is 15.9 Å². The van der Waals surface area contributed by atoms with Crippen molar-refractivity contribution in [1.82, 2.24) is 4.90 Å². The van der Waals surface area contributed by atoms with Gasteiger partial charge in [0.1, 0.15) is 0 Å². The van der Waals surface area contributed by atoms with E-state index >= 15 is 0 Å². The molecule has 1 fully saturated rings. The largest absolute Gasteiger partial charge is 0.481 e. The van der Waals surface area contributed by atoms with Crippen LogP contribution >= 0.6 is 15.9 Å². The molecular weight excluding hydrogens is 363 g/mol. The monoisotopic (exact) mass is 379 g/mol. The van der Waals surface area contributed by atoms with Crippen LogP contribution in [-0.2, 0) is 17.5 Å². The minimum Gasteiger partial charge on any atom is -0.481 e. The number of halogens is 4. The van der Waals surface area contributed by atoms with Gasteiger partial charge < -0.3 is 5.11 Å². The van der Waals surface area contributed by atoms with Gasteiger partial charge in [0, 0.05) is 23.6 Å². The van der Waals surface area contributed by atoms with Crippen LogP contribution in [-0.4, -0.2) is 28.6 Å². The Balaban J connectivity index is 2.18. The van der Waals surface area contributed by atoms with Crippen molar-refractivity contribution in [2.24, 2.45) is 5.92 Å². The Labute approximate surface area is 135 Å². The second kappa shape index (κ2) is 6.58. The molecule has 0 aromatic heterocycles. The number of alkyl halides is 3. The van der Waals surface area contributed by atoms with Crippen LogP contribution in [0.25, 0.3) is 0 Å². The zero-order valence-corrected chi connectivity index (χ0v) is 13.6. The number of piperidine rings is 1. The van der Waals surface area contributed by atoms with Gasteiger partial charge in [0.05, 0.1) is 11.5 Å². The Bertz CT molecular complexity index is 562. The van der Waals surface area contributed by atoms with Crippen molar-refractivity contribution in [1.29, 1.82) is 0 Å². The quantitative estimate of drug-likeness (QED) is 0.857. The van der Waals surface area contributed by atoms with Gasteiger partial charge in [-0.2, -0.15) is 13.2 Å². The second-order valence-electron chi connectivity index (χ2n) is 5.74. The van der Waals surface area contributed by atoms with Crippen LogP contribution < -0.4 is 0 Å². The Morgan fingerprint density at radius 2 is 2.05 bits per heavy atom. The van der Waals surface area contributed by atoms with E-state index in [4.69, 9.17) is 5.11 Å². The van der Waals surface area contributed by atoms with Crippen LogP contribution in [0.3, 0.4) is 0 Å². The first-order valence-corrected chi connectivity index (χ1v) is 7.79. The Morgan fingerprint density at radius 1 is 1.36 bits per heavy atom. The first-order valence-electron chi connectivity index (χ1n) is 7.00. The first kappa shape index (κ1) is 17.3. The highest BCUT2D eigenvalue weighted by molar-refractivity contribution is 9.10. The van der Waals surface area contributed by atoms with E-state index in [1.165, 1.54) is 0 Å². The highest BCUT2D eigenvalue weighted by Gasteiger charge is 2.32. The molecule has 1 aliphatic rings. The number of nitrogens with zero attached hydrogens (tertiary/aromatic N) is 1. The summed E-state index contributed by atoms with van der Waals surface area (Å²) < 4.78 is 38.9. The van der Waals surface area contributed by atoms with E-state index in [1.807, 2.05) is 11.8 Å². The van der Waals surface area contributed by atoms with Crippen molar-refractivity contribution in [2.75, 3.05) is 6.54 Å². The van der Waals surface area contributed by atoms with Gasteiger partial charge in [-0.3, -0.25) is 9.69 Å². The third-order valence-corrected chi connectivity index (χ3v) is 4.49. The van der Waals surface area contributed by atoms with Crippen molar-refractivity contribution in [3.8, 4) is 0 Å². The van der Waals surface area contributed by atoms with Crippen LogP contribution in [0.4, 0.5) is 13.2 Å². The van der Waals surface area contributed by atoms with E-state index in [9.17, 15) is 18.0 Å². The number of aliphatic carboxylic acids is 1. The molecule has 1 aliphatic heterocycles. The number of carboxylic acid groups (broad SMARTS) is 1. The molecule has 1 heterocycles. The predicted octanol–water partition coefficient (Wildman–Crippen LogP) is 4.15. The fourth-order valence-electron chi connectivity index (χ4n) is 2.74. The molecule has 0 saturated carbocycles. The topological polar surface area (TPSA) is 40.5 Å². The lowest BCUT2D eigenvalue weighted by Crippen LogP contribution is -2.43. The van der Waals surface area contributed by atoms with Crippen molar-refractivity contribution >= 4 is 21.9 Å².